The van der Waals surface area contributed by atoms with Gasteiger partial charge in [0.05, 0.1) is 5.41 Å². The lowest BCUT2D eigenvalue weighted by Crippen LogP contribution is -2.33. The molecule has 1 atom stereocenters. The van der Waals surface area contributed by atoms with E-state index >= 15 is 0 Å². The number of furan rings is 1. The van der Waals surface area contributed by atoms with Gasteiger partial charge < -0.3 is 9.32 Å². The molecule has 258 valence electrons. The van der Waals surface area contributed by atoms with E-state index in [1.165, 1.54) is 71.6 Å². The molecule has 12 rings (SSSR count). The monoisotopic (exact) mass is 701 g/mol. The first-order valence-electron chi connectivity index (χ1n) is 19.3. The summed E-state index contributed by atoms with van der Waals surface area (Å²) >= 11 is 0. The van der Waals surface area contributed by atoms with Crippen LogP contribution in [-0.2, 0) is 11.8 Å². The van der Waals surface area contributed by atoms with Crippen LogP contribution in [0.2, 0.25) is 0 Å². The molecular weight excluding hydrogens is 667 g/mol. The summed E-state index contributed by atoms with van der Waals surface area (Å²) in [4.78, 5) is 2.44. The van der Waals surface area contributed by atoms with E-state index in [0.29, 0.717) is 0 Å². The van der Waals surface area contributed by atoms with Crippen LogP contribution in [0.15, 0.2) is 186 Å². The fraction of sp³-hybridized carbons (Fsp3) is 0.0566. The van der Waals surface area contributed by atoms with Crippen LogP contribution in [0.4, 0.5) is 17.1 Å². The number of hydrogen-bond acceptors (Lipinski definition) is 2. The molecule has 0 saturated heterocycles. The van der Waals surface area contributed by atoms with Gasteiger partial charge in [0.15, 0.2) is 0 Å². The Labute approximate surface area is 319 Å². The molecule has 9 aromatic carbocycles. The molecule has 0 aliphatic heterocycles. The Kier molecular flexibility index (Phi) is 6.28. The van der Waals surface area contributed by atoms with E-state index < -0.39 is 5.41 Å². The van der Waals surface area contributed by atoms with Gasteiger partial charge in [-0.25, -0.2) is 0 Å². The maximum Gasteiger partial charge on any atom is 0.135 e. The van der Waals surface area contributed by atoms with Crippen LogP contribution >= 0.6 is 0 Å². The van der Waals surface area contributed by atoms with E-state index in [4.69, 9.17) is 4.42 Å². The van der Waals surface area contributed by atoms with Gasteiger partial charge in [-0.1, -0.05) is 140 Å². The van der Waals surface area contributed by atoms with E-state index in [2.05, 4.69) is 188 Å². The third-order valence-corrected chi connectivity index (χ3v) is 12.4. The Morgan fingerprint density at radius 1 is 0.436 bits per heavy atom. The third kappa shape index (κ3) is 4.09. The van der Waals surface area contributed by atoms with Gasteiger partial charge in [0, 0.05) is 27.8 Å². The van der Waals surface area contributed by atoms with Crippen LogP contribution in [0, 0.1) is 0 Å². The third-order valence-electron chi connectivity index (χ3n) is 12.4. The lowest BCUT2D eigenvalue weighted by molar-refractivity contribution is 0.669. The zero-order chi connectivity index (χ0) is 36.3. The van der Waals surface area contributed by atoms with Crippen molar-refractivity contribution in [2.45, 2.75) is 18.8 Å². The minimum Gasteiger partial charge on any atom is -0.456 e. The second-order valence-corrected chi connectivity index (χ2v) is 15.1. The van der Waals surface area contributed by atoms with E-state index in [9.17, 15) is 0 Å². The molecule has 1 heterocycles. The first-order valence-corrected chi connectivity index (χ1v) is 19.3. The molecule has 0 N–H and O–H groups in total. The number of benzene rings is 9. The average molecular weight is 702 g/mol. The van der Waals surface area contributed by atoms with Gasteiger partial charge in [0.2, 0.25) is 0 Å². The molecule has 10 aromatic rings. The van der Waals surface area contributed by atoms with Crippen molar-refractivity contribution in [1.29, 1.82) is 0 Å². The van der Waals surface area contributed by atoms with Gasteiger partial charge >= 0.3 is 0 Å². The van der Waals surface area contributed by atoms with Crippen LogP contribution in [0.25, 0.3) is 65.7 Å². The summed E-state index contributed by atoms with van der Waals surface area (Å²) in [6.07, 6.45) is 0.947. The number of nitrogens with zero attached hydrogens (tertiary/aromatic N) is 1. The standard InChI is InChI=1S/C53H35NO/c1-2-33-22-23-35-14-11-18-44-41-16-6-9-20-47(41)53(52(33)51(35)44)46-19-8-5-15-40(46)42-28-26-39(32-48(42)53)54(37-25-24-34-12-3-4-13-36(34)30-37)38-27-29-50-45(31-38)43-17-7-10-21-49(43)55-50/h3-32H,2H2,1H3. The molecule has 0 bridgehead atoms. The fourth-order valence-electron chi connectivity index (χ4n) is 10.1. The Morgan fingerprint density at radius 3 is 1.89 bits per heavy atom. The number of rotatable bonds is 4. The van der Waals surface area contributed by atoms with Gasteiger partial charge in [-0.2, -0.15) is 0 Å². The van der Waals surface area contributed by atoms with Crippen LogP contribution in [-0.4, -0.2) is 0 Å². The van der Waals surface area contributed by atoms with E-state index in [0.717, 1.165) is 45.4 Å². The molecule has 0 saturated carbocycles. The largest absolute Gasteiger partial charge is 0.456 e. The molecule has 1 aromatic heterocycles. The highest BCUT2D eigenvalue weighted by Crippen LogP contribution is 2.63. The average Bonchev–Trinajstić information content (AvgIpc) is 3.76. The SMILES string of the molecule is CCc1ccc2cccc3c2c1C1(c2ccccc2-c2ccc(N(c4ccc5ccccc5c4)c4ccc5oc6ccccc6c5c4)cc21)c1ccccc1-3. The van der Waals surface area contributed by atoms with Gasteiger partial charge in [0.1, 0.15) is 11.2 Å². The summed E-state index contributed by atoms with van der Waals surface area (Å²) in [5.74, 6) is 0. The minimum atomic E-state index is -0.502. The van der Waals surface area contributed by atoms with Crippen molar-refractivity contribution >= 4 is 60.5 Å². The summed E-state index contributed by atoms with van der Waals surface area (Å²) in [5.41, 5.74) is 16.7. The number of fused-ring (bicyclic) bond motifs is 13. The number of hydrogen-bond donors (Lipinski definition) is 0. The maximum atomic E-state index is 6.32. The summed E-state index contributed by atoms with van der Waals surface area (Å²) in [5, 5.41) is 7.33. The fourth-order valence-corrected chi connectivity index (χ4v) is 10.1. The van der Waals surface area contributed by atoms with Crippen molar-refractivity contribution in [3.63, 3.8) is 0 Å². The Balaban J connectivity index is 1.19. The van der Waals surface area contributed by atoms with Gasteiger partial charge in [-0.05, 0) is 127 Å². The van der Waals surface area contributed by atoms with Crippen molar-refractivity contribution in [1.82, 2.24) is 0 Å². The molecular formula is C53H35NO. The second-order valence-electron chi connectivity index (χ2n) is 15.1. The normalized spacial score (nSPS) is 15.1. The van der Waals surface area contributed by atoms with E-state index in [1.807, 2.05) is 6.07 Å². The smallest absolute Gasteiger partial charge is 0.135 e. The molecule has 0 fully saturated rings. The zero-order valence-corrected chi connectivity index (χ0v) is 30.4. The van der Waals surface area contributed by atoms with Gasteiger partial charge in [-0.15, -0.1) is 0 Å². The Hall–Kier alpha value is -6.90. The molecule has 2 aliphatic carbocycles. The van der Waals surface area contributed by atoms with Crippen molar-refractivity contribution in [2.75, 3.05) is 4.90 Å². The van der Waals surface area contributed by atoms with E-state index in [1.54, 1.807) is 0 Å². The summed E-state index contributed by atoms with van der Waals surface area (Å²) in [6, 6.07) is 67.5. The zero-order valence-electron chi connectivity index (χ0n) is 30.4. The second kappa shape index (κ2) is 11.3. The minimum absolute atomic E-state index is 0.502. The van der Waals surface area contributed by atoms with Gasteiger partial charge in [0.25, 0.3) is 0 Å². The number of para-hydroxylation sites is 1. The number of aryl methyl sites for hydroxylation is 1. The van der Waals surface area contributed by atoms with Crippen LogP contribution < -0.4 is 4.90 Å². The molecule has 2 heteroatoms. The first kappa shape index (κ1) is 30.6. The highest BCUT2D eigenvalue weighted by molar-refractivity contribution is 6.09. The Bertz CT molecular complexity index is 3220. The summed E-state index contributed by atoms with van der Waals surface area (Å²) in [7, 11) is 0. The first-order chi connectivity index (χ1) is 27.2. The lowest BCUT2D eigenvalue weighted by Gasteiger charge is -2.41. The highest BCUT2D eigenvalue weighted by Gasteiger charge is 2.51. The Morgan fingerprint density at radius 2 is 1.04 bits per heavy atom. The summed E-state index contributed by atoms with van der Waals surface area (Å²) < 4.78 is 6.32. The maximum absolute atomic E-state index is 6.32. The molecule has 2 aliphatic rings. The molecule has 0 amide bonds. The van der Waals surface area contributed by atoms with Gasteiger partial charge in [-0.3, -0.25) is 0 Å². The van der Waals surface area contributed by atoms with Crippen LogP contribution in [0.5, 0.6) is 0 Å². The molecule has 1 unspecified atom stereocenters. The van der Waals surface area contributed by atoms with E-state index in [-0.39, 0.29) is 0 Å². The molecule has 0 radical (unpaired) electrons. The number of anilines is 3. The quantitative estimate of drug-likeness (QED) is 0.182. The van der Waals surface area contributed by atoms with Crippen molar-refractivity contribution < 1.29 is 4.42 Å². The van der Waals surface area contributed by atoms with Crippen molar-refractivity contribution in [3.8, 4) is 22.3 Å². The highest BCUT2D eigenvalue weighted by atomic mass is 16.3. The van der Waals surface area contributed by atoms with Crippen molar-refractivity contribution in [2.24, 2.45) is 0 Å². The van der Waals surface area contributed by atoms with Crippen LogP contribution in [0.1, 0.15) is 34.7 Å². The van der Waals surface area contributed by atoms with Crippen LogP contribution in [0.3, 0.4) is 0 Å². The topological polar surface area (TPSA) is 16.4 Å². The predicted octanol–water partition coefficient (Wildman–Crippen LogP) is 14.3. The molecule has 2 nitrogen and oxygen atoms in total. The predicted molar refractivity (Wildman–Crippen MR) is 229 cm³/mol. The lowest BCUT2D eigenvalue weighted by atomic mass is 9.60. The summed E-state index contributed by atoms with van der Waals surface area (Å²) in [6.45, 7) is 2.31. The molecule has 55 heavy (non-hydrogen) atoms. The molecule has 1 spiro atoms. The van der Waals surface area contributed by atoms with Crippen molar-refractivity contribution in [3.05, 3.63) is 210 Å².